The van der Waals surface area contributed by atoms with Gasteiger partial charge in [-0.3, -0.25) is 4.98 Å². The van der Waals surface area contributed by atoms with Crippen molar-refractivity contribution in [1.29, 1.82) is 0 Å². The van der Waals surface area contributed by atoms with Crippen LogP contribution in [0.25, 0.3) is 22.0 Å². The molecule has 1 aromatic carbocycles. The summed E-state index contributed by atoms with van der Waals surface area (Å²) in [5.74, 6) is 0.485. The van der Waals surface area contributed by atoms with Crippen LogP contribution >= 0.6 is 0 Å². The molecule has 0 saturated carbocycles. The minimum absolute atomic E-state index is 0.0810. The summed E-state index contributed by atoms with van der Waals surface area (Å²) in [5, 5.41) is 23.9. The van der Waals surface area contributed by atoms with Gasteiger partial charge in [-0.25, -0.2) is 9.37 Å². The van der Waals surface area contributed by atoms with Crippen molar-refractivity contribution in [2.75, 3.05) is 11.9 Å². The molecule has 3 aromatic rings. The van der Waals surface area contributed by atoms with Crippen LogP contribution in [0, 0.1) is 0 Å². The van der Waals surface area contributed by atoms with Gasteiger partial charge in [-0.15, -0.1) is 10.2 Å². The molecule has 144 valence electrons. The first-order valence-electron chi connectivity index (χ1n) is 9.50. The topological polar surface area (TPSA) is 87.1 Å². The zero-order chi connectivity index (χ0) is 19.3. The lowest BCUT2D eigenvalue weighted by Gasteiger charge is -2.38. The number of benzene rings is 1. The van der Waals surface area contributed by atoms with E-state index in [4.69, 9.17) is 0 Å². The van der Waals surface area contributed by atoms with E-state index in [1.54, 1.807) is 29.6 Å². The van der Waals surface area contributed by atoms with E-state index in [2.05, 4.69) is 25.5 Å². The van der Waals surface area contributed by atoms with Crippen LogP contribution in [-0.4, -0.2) is 56.6 Å². The quantitative estimate of drug-likeness (QED) is 0.722. The lowest BCUT2D eigenvalue weighted by Crippen LogP contribution is -2.55. The van der Waals surface area contributed by atoms with Gasteiger partial charge in [-0.05, 0) is 42.8 Å². The van der Waals surface area contributed by atoms with E-state index in [-0.39, 0.29) is 17.8 Å². The second kappa shape index (κ2) is 6.63. The molecule has 2 aromatic heterocycles. The van der Waals surface area contributed by atoms with Crippen LogP contribution in [0.15, 0.2) is 36.8 Å². The van der Waals surface area contributed by atoms with Crippen LogP contribution in [0.3, 0.4) is 0 Å². The summed E-state index contributed by atoms with van der Waals surface area (Å²) in [6, 6.07) is 5.38. The number of nitrogens with zero attached hydrogens (tertiary/aromatic N) is 5. The zero-order valence-corrected chi connectivity index (χ0v) is 15.5. The van der Waals surface area contributed by atoms with Crippen molar-refractivity contribution < 1.29 is 9.50 Å². The summed E-state index contributed by atoms with van der Waals surface area (Å²) < 4.78 is 14.8. The van der Waals surface area contributed by atoms with Crippen LogP contribution in [0.5, 0.6) is 5.75 Å². The number of halogens is 1. The number of alkyl halides is 1. The molecule has 4 heterocycles. The molecule has 2 N–H and O–H groups in total. The fraction of sp³-hybridized carbons (Fsp3) is 0.400. The number of nitrogens with one attached hydrogen (secondary N) is 1. The number of phenols is 1. The average molecular weight is 380 g/mol. The first kappa shape index (κ1) is 17.2. The smallest absolute Gasteiger partial charge is 0.245 e. The first-order valence-corrected chi connectivity index (χ1v) is 9.50. The molecule has 5 rings (SSSR count). The number of hydrogen-bond donors (Lipinski definition) is 2. The highest BCUT2D eigenvalue weighted by molar-refractivity contribution is 5.89. The summed E-state index contributed by atoms with van der Waals surface area (Å²) >= 11 is 0. The number of pyridine rings is 1. The minimum atomic E-state index is -0.954. The molecule has 7 nitrogen and oxygen atoms in total. The maximum atomic E-state index is 14.8. The molecule has 2 aliphatic heterocycles. The third-order valence-corrected chi connectivity index (χ3v) is 5.95. The Hall–Kier alpha value is -2.87. The zero-order valence-electron chi connectivity index (χ0n) is 15.5. The van der Waals surface area contributed by atoms with Crippen LogP contribution in [-0.2, 0) is 0 Å². The Morgan fingerprint density at radius 1 is 1.18 bits per heavy atom. The minimum Gasteiger partial charge on any atom is -0.507 e. The maximum Gasteiger partial charge on any atom is 0.245 e. The summed E-state index contributed by atoms with van der Waals surface area (Å²) in [6.45, 7) is 0. The van der Waals surface area contributed by atoms with Crippen LogP contribution in [0.1, 0.15) is 19.3 Å². The van der Waals surface area contributed by atoms with Crippen LogP contribution in [0.2, 0.25) is 0 Å². The monoisotopic (exact) mass is 380 g/mol. The van der Waals surface area contributed by atoms with Gasteiger partial charge in [0.25, 0.3) is 0 Å². The van der Waals surface area contributed by atoms with Crippen molar-refractivity contribution in [1.82, 2.24) is 25.5 Å². The highest BCUT2D eigenvalue weighted by atomic mass is 19.1. The Labute approximate surface area is 161 Å². The van der Waals surface area contributed by atoms with Gasteiger partial charge in [0.05, 0.1) is 12.2 Å². The molecule has 0 amide bonds. The average Bonchev–Trinajstić information content (AvgIpc) is 3.13. The molecule has 28 heavy (non-hydrogen) atoms. The molecule has 2 bridgehead atoms. The molecular formula is C20H21FN6O. The number of piperidine rings is 1. The molecule has 4 atom stereocenters. The van der Waals surface area contributed by atoms with E-state index in [0.717, 1.165) is 30.0 Å². The standard InChI is InChI=1S/C20H21FN6O/c1-27(17-8-13-2-3-15(24-13)19(17)21)20-23-10-16(25-26-20)14-6-11-4-5-22-9-12(11)7-18(14)28/h4-7,9-10,13,15,17,19,24,28H,2-3,8H2,1H3/t13?,15?,17-,19+/m0/s1. The van der Waals surface area contributed by atoms with E-state index < -0.39 is 6.17 Å². The summed E-state index contributed by atoms with van der Waals surface area (Å²) in [7, 11) is 1.82. The second-order valence-electron chi connectivity index (χ2n) is 7.64. The predicted octanol–water partition coefficient (Wildman–Crippen LogP) is 2.46. The third kappa shape index (κ3) is 2.84. The number of hydrogen-bond acceptors (Lipinski definition) is 7. The van der Waals surface area contributed by atoms with Crippen molar-refractivity contribution in [3.8, 4) is 17.0 Å². The molecular weight excluding hydrogens is 359 g/mol. The number of rotatable bonds is 3. The third-order valence-electron chi connectivity index (χ3n) is 5.95. The Morgan fingerprint density at radius 2 is 2.07 bits per heavy atom. The fourth-order valence-electron chi connectivity index (χ4n) is 4.38. The van der Waals surface area contributed by atoms with Gasteiger partial charge in [0, 0.05) is 42.5 Å². The highest BCUT2D eigenvalue weighted by Crippen LogP contribution is 2.34. The number of phenolic OH excluding ortho intramolecular Hbond substituents is 1. The maximum absolute atomic E-state index is 14.8. The van der Waals surface area contributed by atoms with Crippen molar-refractivity contribution in [2.24, 2.45) is 0 Å². The van der Waals surface area contributed by atoms with Crippen LogP contribution < -0.4 is 10.2 Å². The summed E-state index contributed by atoms with van der Waals surface area (Å²) in [5.41, 5.74) is 1.02. The van der Waals surface area contributed by atoms with E-state index in [0.29, 0.717) is 23.2 Å². The molecule has 2 fully saturated rings. The first-order chi connectivity index (χ1) is 13.6. The van der Waals surface area contributed by atoms with Gasteiger partial charge in [0.15, 0.2) is 0 Å². The molecule has 2 unspecified atom stereocenters. The SMILES string of the molecule is CN(c1ncc(-c2cc3ccncc3cc2O)nn1)[C@H]1CC2CCC(N2)[C@H]1F. The normalized spacial score (nSPS) is 26.5. The molecule has 8 heteroatoms. The van der Waals surface area contributed by atoms with E-state index in [1.165, 1.54) is 0 Å². The van der Waals surface area contributed by atoms with Gasteiger partial charge in [-0.1, -0.05) is 0 Å². The van der Waals surface area contributed by atoms with E-state index in [9.17, 15) is 9.50 Å². The number of aromatic nitrogens is 4. The molecule has 2 aliphatic rings. The number of fused-ring (bicyclic) bond motifs is 3. The molecule has 2 saturated heterocycles. The largest absolute Gasteiger partial charge is 0.507 e. The van der Waals surface area contributed by atoms with Crippen molar-refractivity contribution >= 4 is 16.7 Å². The summed E-state index contributed by atoms with van der Waals surface area (Å²) in [4.78, 5) is 10.3. The Kier molecular flexibility index (Phi) is 4.08. The molecule has 0 aliphatic carbocycles. The van der Waals surface area contributed by atoms with Gasteiger partial charge >= 0.3 is 0 Å². The van der Waals surface area contributed by atoms with Gasteiger partial charge in [-0.2, -0.15) is 0 Å². The fourth-order valence-corrected chi connectivity index (χ4v) is 4.38. The van der Waals surface area contributed by atoms with E-state index >= 15 is 0 Å². The van der Waals surface area contributed by atoms with Gasteiger partial charge < -0.3 is 15.3 Å². The van der Waals surface area contributed by atoms with Gasteiger partial charge in [0.2, 0.25) is 5.95 Å². The highest BCUT2D eigenvalue weighted by Gasteiger charge is 2.44. The Balaban J connectivity index is 1.42. The van der Waals surface area contributed by atoms with Crippen LogP contribution in [0.4, 0.5) is 10.3 Å². The molecule has 0 radical (unpaired) electrons. The number of anilines is 1. The Morgan fingerprint density at radius 3 is 2.89 bits per heavy atom. The lowest BCUT2D eigenvalue weighted by atomic mass is 9.97. The van der Waals surface area contributed by atoms with Crippen molar-refractivity contribution in [3.05, 3.63) is 36.8 Å². The lowest BCUT2D eigenvalue weighted by molar-refractivity contribution is 0.175. The predicted molar refractivity (Wildman–Crippen MR) is 104 cm³/mol. The summed E-state index contributed by atoms with van der Waals surface area (Å²) in [6.07, 6.45) is 6.65. The molecule has 0 spiro atoms. The number of aromatic hydroxyl groups is 1. The Bertz CT molecular complexity index is 1010. The second-order valence-corrected chi connectivity index (χ2v) is 7.64. The van der Waals surface area contributed by atoms with Gasteiger partial charge in [0.1, 0.15) is 17.6 Å². The van der Waals surface area contributed by atoms with Crippen molar-refractivity contribution in [2.45, 2.75) is 43.6 Å². The van der Waals surface area contributed by atoms with Crippen molar-refractivity contribution in [3.63, 3.8) is 0 Å². The van der Waals surface area contributed by atoms with E-state index in [1.807, 2.05) is 19.2 Å².